The van der Waals surface area contributed by atoms with Crippen LogP contribution < -0.4 is 0 Å². The van der Waals surface area contributed by atoms with Crippen molar-refractivity contribution in [1.82, 2.24) is 0 Å². The van der Waals surface area contributed by atoms with Gasteiger partial charge in [-0.05, 0) is 35.0 Å². The molecule has 0 N–H and O–H groups in total. The molecule has 0 radical (unpaired) electrons. The van der Waals surface area contributed by atoms with E-state index in [1.165, 1.54) is 0 Å². The lowest BCUT2D eigenvalue weighted by molar-refractivity contribution is -0.115. The fourth-order valence-electron chi connectivity index (χ4n) is 5.33. The van der Waals surface area contributed by atoms with Crippen LogP contribution in [0.5, 0.6) is 0 Å². The summed E-state index contributed by atoms with van der Waals surface area (Å²) in [7, 11) is 0. The molecule has 0 unspecified atom stereocenters. The Morgan fingerprint density at radius 1 is 0.556 bits per heavy atom. The second-order valence-electron chi connectivity index (χ2n) is 15.2. The van der Waals surface area contributed by atoms with Crippen molar-refractivity contribution in [2.75, 3.05) is 0 Å². The summed E-state index contributed by atoms with van der Waals surface area (Å²) in [4.78, 5) is 27.8. The van der Waals surface area contributed by atoms with Crippen LogP contribution in [0.2, 0.25) is 0 Å². The van der Waals surface area contributed by atoms with Crippen molar-refractivity contribution in [1.29, 1.82) is 0 Å². The fraction of sp³-hybridized carbons (Fsp3) is 0.688. The van der Waals surface area contributed by atoms with Gasteiger partial charge in [0.2, 0.25) is 0 Å². The van der Waals surface area contributed by atoms with Crippen LogP contribution >= 0.6 is 23.5 Å². The van der Waals surface area contributed by atoms with Gasteiger partial charge in [0.05, 0.1) is 13.6 Å². The van der Waals surface area contributed by atoms with E-state index in [1.54, 1.807) is 0 Å². The topological polar surface area (TPSA) is 34.1 Å². The molecule has 4 heteroatoms. The molecule has 0 amide bonds. The molecule has 2 nitrogen and oxygen atoms in total. The molecule has 1 aliphatic heterocycles. The van der Waals surface area contributed by atoms with Gasteiger partial charge in [-0.25, -0.2) is 0 Å². The van der Waals surface area contributed by atoms with Gasteiger partial charge in [-0.2, -0.15) is 0 Å². The smallest absolute Gasteiger partial charge is 0.185 e. The van der Waals surface area contributed by atoms with Crippen molar-refractivity contribution in [3.63, 3.8) is 0 Å². The van der Waals surface area contributed by atoms with Crippen LogP contribution in [-0.2, 0) is 9.59 Å². The van der Waals surface area contributed by atoms with Crippen LogP contribution in [0.4, 0.5) is 0 Å². The molecule has 0 saturated carbocycles. The molecule has 1 fully saturated rings. The molecular formula is C32H48O2S2. The van der Waals surface area contributed by atoms with Crippen LogP contribution in [0.3, 0.4) is 0 Å². The van der Waals surface area contributed by atoms with E-state index in [-0.39, 0.29) is 37.3 Å². The molecule has 2 aliphatic carbocycles. The molecular weight excluding hydrogens is 480 g/mol. The number of carbonyl (C=O) groups is 2. The van der Waals surface area contributed by atoms with Gasteiger partial charge in [0.15, 0.2) is 11.6 Å². The Morgan fingerprint density at radius 2 is 0.778 bits per heavy atom. The SMILES string of the molecule is CCC1(C)SC2(C=C(C(C)(C)C)C(=O)C(C(C)(C)C)=C2)C2(C=C(C(C)(C)C)C(=O)C(C(C)(C)C)=C2)S1. The van der Waals surface area contributed by atoms with E-state index in [9.17, 15) is 9.59 Å². The molecule has 0 bridgehead atoms. The highest BCUT2D eigenvalue weighted by molar-refractivity contribution is 8.23. The van der Waals surface area contributed by atoms with Gasteiger partial charge in [-0.1, -0.05) is 114 Å². The summed E-state index contributed by atoms with van der Waals surface area (Å²) in [5.74, 6) is 0.330. The van der Waals surface area contributed by atoms with E-state index in [0.717, 1.165) is 28.7 Å². The lowest BCUT2D eigenvalue weighted by Crippen LogP contribution is -2.48. The van der Waals surface area contributed by atoms with Crippen LogP contribution in [0.1, 0.15) is 103 Å². The Labute approximate surface area is 229 Å². The summed E-state index contributed by atoms with van der Waals surface area (Å²) >= 11 is 3.93. The molecule has 3 aliphatic rings. The van der Waals surface area contributed by atoms with E-state index in [4.69, 9.17) is 0 Å². The standard InChI is InChI=1S/C32H48O2S2/c1-15-30(14)35-31(16-20(26(2,3)4)24(33)21(17-31)27(5,6)7)32(36-30)18-22(28(8,9)10)25(34)23(19-32)29(11,12)13/h16-19H,15H2,1-14H3. The first-order valence-electron chi connectivity index (χ1n) is 13.3. The maximum absolute atomic E-state index is 13.9. The van der Waals surface area contributed by atoms with E-state index in [0.29, 0.717) is 0 Å². The molecule has 1 heterocycles. The molecule has 0 aromatic heterocycles. The second kappa shape index (κ2) is 8.50. The zero-order chi connectivity index (χ0) is 27.9. The number of hydrogen-bond donors (Lipinski definition) is 0. The van der Waals surface area contributed by atoms with Gasteiger partial charge in [-0.3, -0.25) is 9.59 Å². The first-order chi connectivity index (χ1) is 15.9. The Hall–Kier alpha value is -1.00. The third kappa shape index (κ3) is 4.91. The molecule has 2 spiro atoms. The third-order valence-electron chi connectivity index (χ3n) is 7.67. The average molecular weight is 529 g/mol. The van der Waals surface area contributed by atoms with E-state index < -0.39 is 9.49 Å². The summed E-state index contributed by atoms with van der Waals surface area (Å²) in [6, 6.07) is 0. The fourth-order valence-corrected chi connectivity index (χ4v) is 9.55. The van der Waals surface area contributed by atoms with Crippen LogP contribution in [0.25, 0.3) is 0 Å². The molecule has 0 aromatic carbocycles. The van der Waals surface area contributed by atoms with Crippen molar-refractivity contribution in [2.45, 2.75) is 117 Å². The van der Waals surface area contributed by atoms with Crippen LogP contribution in [-0.4, -0.2) is 25.1 Å². The quantitative estimate of drug-likeness (QED) is 0.340. The molecule has 1 saturated heterocycles. The van der Waals surface area contributed by atoms with Gasteiger partial charge >= 0.3 is 0 Å². The van der Waals surface area contributed by atoms with Gasteiger partial charge < -0.3 is 0 Å². The Kier molecular flexibility index (Phi) is 6.98. The highest BCUT2D eigenvalue weighted by Crippen LogP contribution is 2.71. The minimum Gasteiger partial charge on any atom is -0.289 e. The number of thioether (sulfide) groups is 2. The first-order valence-corrected chi connectivity index (χ1v) is 15.0. The van der Waals surface area contributed by atoms with Crippen molar-refractivity contribution >= 4 is 35.1 Å². The van der Waals surface area contributed by atoms with E-state index in [1.807, 2.05) is 23.5 Å². The van der Waals surface area contributed by atoms with Crippen LogP contribution in [0.15, 0.2) is 46.6 Å². The number of ketones is 2. The zero-order valence-corrected chi connectivity index (χ0v) is 26.8. The predicted octanol–water partition coefficient (Wildman–Crippen LogP) is 9.13. The highest BCUT2D eigenvalue weighted by atomic mass is 32.2. The molecule has 3 rings (SSSR count). The number of Topliss-reactive ketones (excluding diaryl/α,β-unsaturated/α-hetero) is 2. The summed E-state index contributed by atoms with van der Waals surface area (Å²) in [5.41, 5.74) is 2.39. The number of fused-ring (bicyclic) bond motifs is 1. The Balaban J connectivity index is 2.53. The van der Waals surface area contributed by atoms with E-state index in [2.05, 4.69) is 121 Å². The minimum absolute atomic E-state index is 0.0707. The number of hydrogen-bond acceptors (Lipinski definition) is 4. The number of allylic oxidation sites excluding steroid dienone is 4. The molecule has 200 valence electrons. The minimum atomic E-state index is -0.477. The highest BCUT2D eigenvalue weighted by Gasteiger charge is 2.63. The summed E-state index contributed by atoms with van der Waals surface area (Å²) in [6.45, 7) is 30.3. The maximum Gasteiger partial charge on any atom is 0.185 e. The summed E-state index contributed by atoms with van der Waals surface area (Å²) < 4.78 is -1.02. The molecule has 0 aromatic rings. The third-order valence-corrected chi connectivity index (χ3v) is 11.6. The van der Waals surface area contributed by atoms with Gasteiger partial charge in [-0.15, -0.1) is 23.5 Å². The lowest BCUT2D eigenvalue weighted by Gasteiger charge is -2.46. The Bertz CT molecular complexity index is 947. The van der Waals surface area contributed by atoms with Crippen molar-refractivity contribution in [3.05, 3.63) is 46.6 Å². The van der Waals surface area contributed by atoms with Gasteiger partial charge in [0, 0.05) is 22.3 Å². The Morgan fingerprint density at radius 3 is 0.944 bits per heavy atom. The largest absolute Gasteiger partial charge is 0.289 e. The lowest BCUT2D eigenvalue weighted by atomic mass is 9.65. The summed E-state index contributed by atoms with van der Waals surface area (Å²) in [5, 5.41) is 0. The average Bonchev–Trinajstić information content (AvgIpc) is 2.90. The first kappa shape index (κ1) is 29.6. The normalized spacial score (nSPS) is 24.1. The van der Waals surface area contributed by atoms with Gasteiger partial charge in [0.25, 0.3) is 0 Å². The van der Waals surface area contributed by atoms with E-state index >= 15 is 0 Å². The molecule has 0 atom stereocenters. The molecule has 36 heavy (non-hydrogen) atoms. The van der Waals surface area contributed by atoms with Crippen molar-refractivity contribution in [2.24, 2.45) is 21.7 Å². The van der Waals surface area contributed by atoms with Gasteiger partial charge in [0.1, 0.15) is 0 Å². The van der Waals surface area contributed by atoms with Crippen LogP contribution in [0, 0.1) is 21.7 Å². The van der Waals surface area contributed by atoms with Crippen molar-refractivity contribution in [3.8, 4) is 0 Å². The second-order valence-corrected chi connectivity index (χ2v) is 19.0. The number of rotatable bonds is 1. The summed E-state index contributed by atoms with van der Waals surface area (Å²) in [6.07, 6.45) is 10.1. The number of carbonyl (C=O) groups excluding carboxylic acids is 2. The zero-order valence-electron chi connectivity index (χ0n) is 25.1. The predicted molar refractivity (Wildman–Crippen MR) is 160 cm³/mol. The maximum atomic E-state index is 13.9. The van der Waals surface area contributed by atoms with Crippen molar-refractivity contribution < 1.29 is 9.59 Å². The monoisotopic (exact) mass is 528 g/mol.